The fourth-order valence-corrected chi connectivity index (χ4v) is 3.65. The van der Waals surface area contributed by atoms with E-state index in [0.29, 0.717) is 36.1 Å². The maximum absolute atomic E-state index is 12.7. The molecule has 2 aromatic rings. The molecule has 0 spiro atoms. The van der Waals surface area contributed by atoms with Crippen LogP contribution in [0.2, 0.25) is 0 Å². The van der Waals surface area contributed by atoms with Crippen molar-refractivity contribution in [2.75, 3.05) is 32.1 Å². The van der Waals surface area contributed by atoms with Gasteiger partial charge in [0, 0.05) is 20.0 Å². The van der Waals surface area contributed by atoms with E-state index in [1.165, 1.54) is 10.8 Å². The number of rotatable bonds is 8. The molecule has 2 aliphatic rings. The van der Waals surface area contributed by atoms with Crippen molar-refractivity contribution in [3.63, 3.8) is 0 Å². The third-order valence-electron chi connectivity index (χ3n) is 5.10. The topological polar surface area (TPSA) is 116 Å². The molecule has 11 heteroatoms. The van der Waals surface area contributed by atoms with Gasteiger partial charge in [-0.2, -0.15) is 4.98 Å². The van der Waals surface area contributed by atoms with E-state index in [9.17, 15) is 9.90 Å². The maximum atomic E-state index is 12.7. The number of hydrogen-bond donors (Lipinski definition) is 3. The van der Waals surface area contributed by atoms with Gasteiger partial charge in [0.2, 0.25) is 0 Å². The first-order valence-electron chi connectivity index (χ1n) is 11.3. The van der Waals surface area contributed by atoms with Gasteiger partial charge < -0.3 is 34.7 Å². The van der Waals surface area contributed by atoms with Crippen LogP contribution >= 0.6 is 12.2 Å². The summed E-state index contributed by atoms with van der Waals surface area (Å²) in [4.78, 5) is 17.5. The number of aromatic nitrogens is 2. The van der Waals surface area contributed by atoms with Gasteiger partial charge in [0.05, 0.1) is 33.2 Å². The number of methoxy groups -OCH3 is 1. The molecule has 1 saturated heterocycles. The number of nitrogens with one attached hydrogen (secondary N) is 2. The zero-order valence-electron chi connectivity index (χ0n) is 19.4. The van der Waals surface area contributed by atoms with E-state index in [4.69, 9.17) is 33.9 Å². The van der Waals surface area contributed by atoms with Crippen molar-refractivity contribution >= 4 is 28.7 Å². The number of ether oxygens (including phenoxy) is 4. The number of fused-ring (bicyclic) bond motifs is 2. The Morgan fingerprint density at radius 3 is 3.25 bits per heavy atom. The van der Waals surface area contributed by atoms with Gasteiger partial charge in [-0.1, -0.05) is 18.3 Å². The highest BCUT2D eigenvalue weighted by atomic mass is 32.1. The number of aliphatic hydroxyl groups is 1. The van der Waals surface area contributed by atoms with Gasteiger partial charge in [-0.05, 0) is 25.5 Å². The summed E-state index contributed by atoms with van der Waals surface area (Å²) in [6.45, 7) is 2.86. The van der Waals surface area contributed by atoms with Gasteiger partial charge >= 0.3 is 5.69 Å². The van der Waals surface area contributed by atoms with Gasteiger partial charge in [0.1, 0.15) is 23.8 Å². The Morgan fingerprint density at radius 1 is 1.56 bits per heavy atom. The second kappa shape index (κ2) is 9.82. The second-order valence-electron chi connectivity index (χ2n) is 7.45. The standard InChI is InChI=1S/C21H26N4O6S/c1-12(32)22-7-4-8-29-14-5-3-6-15-19(14)23-20-16(30-15)10-25(21(27)24-20)18-9-13(26)17(31-18)11-28-2/h3,5-6,10,13,17-18,26H,4,7-9,11H2,1-2H3,(H,22,32)(H,23,24,27)/t13-,17-,18-/m1/s1/i2TD/t2?,13-,17-,18-. The van der Waals surface area contributed by atoms with Gasteiger partial charge in [-0.3, -0.25) is 4.57 Å². The van der Waals surface area contributed by atoms with Crippen LogP contribution in [-0.4, -0.2) is 58.7 Å². The number of aliphatic hydroxyl groups excluding tert-OH is 1. The molecule has 32 heavy (non-hydrogen) atoms. The summed E-state index contributed by atoms with van der Waals surface area (Å²) in [7, 11) is -1.48. The maximum Gasteiger partial charge on any atom is 0.351 e. The Morgan fingerprint density at radius 2 is 2.44 bits per heavy atom. The summed E-state index contributed by atoms with van der Waals surface area (Å²) < 4.78 is 37.9. The smallest absolute Gasteiger partial charge is 0.351 e. The Kier molecular flexibility index (Phi) is 6.11. The van der Waals surface area contributed by atoms with Crippen molar-refractivity contribution in [3.8, 4) is 17.2 Å². The quantitative estimate of drug-likeness (QED) is 0.337. The molecule has 4 atom stereocenters. The minimum atomic E-state index is -1.48. The molecular formula is C21H26N4O6S. The molecule has 0 saturated carbocycles. The highest BCUT2D eigenvalue weighted by Gasteiger charge is 2.36. The Bertz CT molecular complexity index is 1100. The molecule has 1 fully saturated rings. The lowest BCUT2D eigenvalue weighted by atomic mass is 10.2. The lowest BCUT2D eigenvalue weighted by Crippen LogP contribution is -2.29. The molecule has 3 heterocycles. The summed E-state index contributed by atoms with van der Waals surface area (Å²) >= 11 is 4.99. The molecule has 4 rings (SSSR count). The third kappa shape index (κ3) is 4.85. The zero-order chi connectivity index (χ0) is 24.2. The van der Waals surface area contributed by atoms with Crippen LogP contribution in [0.3, 0.4) is 0 Å². The number of thiocarbonyl (C=S) groups is 1. The summed E-state index contributed by atoms with van der Waals surface area (Å²) in [5.74, 6) is 1.65. The van der Waals surface area contributed by atoms with Gasteiger partial charge in [0.15, 0.2) is 17.3 Å². The van der Waals surface area contributed by atoms with Crippen molar-refractivity contribution in [2.24, 2.45) is 0 Å². The van der Waals surface area contributed by atoms with Crippen LogP contribution in [0.5, 0.6) is 17.2 Å². The van der Waals surface area contributed by atoms with Crippen LogP contribution in [0.25, 0.3) is 0 Å². The number of anilines is 2. The average Bonchev–Trinajstić information content (AvgIpc) is 3.16. The highest BCUT2D eigenvalue weighted by Crippen LogP contribution is 2.45. The molecule has 0 bridgehead atoms. The lowest BCUT2D eigenvalue weighted by molar-refractivity contribution is -0.0547. The normalized spacial score (nSPS) is 23.0. The fraction of sp³-hybridized carbons (Fsp3) is 0.476. The largest absolute Gasteiger partial charge is 0.491 e. The zero-order valence-corrected chi connectivity index (χ0v) is 18.3. The molecule has 1 unspecified atom stereocenters. The third-order valence-corrected chi connectivity index (χ3v) is 5.24. The van der Waals surface area contributed by atoms with Gasteiger partial charge in [-0.25, -0.2) is 4.79 Å². The molecule has 172 valence electrons. The Hall–Kier alpha value is -2.73. The van der Waals surface area contributed by atoms with Crippen LogP contribution < -0.4 is 25.8 Å². The predicted molar refractivity (Wildman–Crippen MR) is 121 cm³/mol. The van der Waals surface area contributed by atoms with Crippen LogP contribution in [-0.2, 0) is 9.47 Å². The van der Waals surface area contributed by atoms with Crippen molar-refractivity contribution in [1.29, 1.82) is 0 Å². The number of nitrogens with zero attached hydrogens (tertiary/aromatic N) is 2. The SMILES string of the molecule is [2H]C([3H])OC[C@H]1O[C@@H](n2cc3c(nc2=O)Nc2c(OCCCNC(C)=S)cccc2O3)C[C@H]1O. The van der Waals surface area contributed by atoms with Crippen LogP contribution in [0.4, 0.5) is 11.5 Å². The summed E-state index contributed by atoms with van der Waals surface area (Å²) in [6, 6.07) is 5.37. The van der Waals surface area contributed by atoms with Crippen LogP contribution in [0.15, 0.2) is 29.2 Å². The van der Waals surface area contributed by atoms with Crippen molar-refractivity contribution < 1.29 is 26.8 Å². The number of hydrogen-bond acceptors (Lipinski definition) is 9. The first kappa shape index (κ1) is 19.9. The lowest BCUT2D eigenvalue weighted by Gasteiger charge is -2.24. The Balaban J connectivity index is 1.46. The van der Waals surface area contributed by atoms with E-state index >= 15 is 0 Å². The number of para-hydroxylation sites is 1. The van der Waals surface area contributed by atoms with E-state index < -0.39 is 31.2 Å². The molecule has 0 radical (unpaired) electrons. The molecule has 1 aromatic carbocycles. The molecule has 2 aliphatic heterocycles. The van der Waals surface area contributed by atoms with Crippen LogP contribution in [0, 0.1) is 0 Å². The minimum Gasteiger partial charge on any atom is -0.491 e. The molecule has 0 aliphatic carbocycles. The van der Waals surface area contributed by atoms with Crippen LogP contribution in [0.1, 0.15) is 28.7 Å². The van der Waals surface area contributed by atoms with E-state index in [1.54, 1.807) is 18.2 Å². The van der Waals surface area contributed by atoms with Crippen molar-refractivity contribution in [2.45, 2.75) is 38.2 Å². The monoisotopic (exact) mass is 465 g/mol. The van der Waals surface area contributed by atoms with Crippen molar-refractivity contribution in [1.82, 2.24) is 14.9 Å². The summed E-state index contributed by atoms with van der Waals surface area (Å²) in [5.41, 5.74) is -0.0142. The van der Waals surface area contributed by atoms with Crippen molar-refractivity contribution in [3.05, 3.63) is 34.9 Å². The average molecular weight is 466 g/mol. The highest BCUT2D eigenvalue weighted by molar-refractivity contribution is 7.80. The molecular weight excluding hydrogens is 436 g/mol. The first-order valence-corrected chi connectivity index (χ1v) is 10.6. The fourth-order valence-electron chi connectivity index (χ4n) is 3.55. The first-order chi connectivity index (χ1) is 16.3. The molecule has 10 nitrogen and oxygen atoms in total. The van der Waals surface area contributed by atoms with E-state index in [0.717, 1.165) is 11.4 Å². The van der Waals surface area contributed by atoms with E-state index in [2.05, 4.69) is 15.6 Å². The summed E-state index contributed by atoms with van der Waals surface area (Å²) in [6.07, 6.45) is -0.0849. The molecule has 1 aromatic heterocycles. The van der Waals surface area contributed by atoms with E-state index in [-0.39, 0.29) is 18.8 Å². The molecule has 3 N–H and O–H groups in total. The summed E-state index contributed by atoms with van der Waals surface area (Å²) in [5, 5.41) is 16.4. The van der Waals surface area contributed by atoms with Gasteiger partial charge in [-0.15, -0.1) is 0 Å². The predicted octanol–water partition coefficient (Wildman–Crippen LogP) is 2.09. The van der Waals surface area contributed by atoms with Gasteiger partial charge in [0.25, 0.3) is 0 Å². The second-order valence-corrected chi connectivity index (χ2v) is 8.06. The molecule has 0 amide bonds. The number of benzene rings is 1. The van der Waals surface area contributed by atoms with E-state index in [1.807, 2.05) is 6.92 Å². The minimum absolute atomic E-state index is 0.127. The Labute approximate surface area is 193 Å².